The average molecular weight is 292 g/mol. The van der Waals surface area contributed by atoms with E-state index in [2.05, 4.69) is 5.32 Å². The minimum absolute atomic E-state index is 0.0453. The molecule has 5 nitrogen and oxygen atoms in total. The average Bonchev–Trinajstić information content (AvgIpc) is 2.71. The van der Waals surface area contributed by atoms with Gasteiger partial charge in [-0.25, -0.2) is 0 Å². The largest absolute Gasteiger partial charge is 0.396 e. The Morgan fingerprint density at radius 1 is 1.29 bits per heavy atom. The van der Waals surface area contributed by atoms with Crippen molar-refractivity contribution in [3.63, 3.8) is 0 Å². The van der Waals surface area contributed by atoms with Gasteiger partial charge in [0, 0.05) is 43.8 Å². The Balaban J connectivity index is 1.86. The van der Waals surface area contributed by atoms with Crippen molar-refractivity contribution in [1.29, 1.82) is 0 Å². The van der Waals surface area contributed by atoms with Crippen LogP contribution in [0.4, 0.5) is 0 Å². The summed E-state index contributed by atoms with van der Waals surface area (Å²) in [5.74, 6) is 0.118. The smallest absolute Gasteiger partial charge is 0.250 e. The van der Waals surface area contributed by atoms with Crippen LogP contribution in [0.2, 0.25) is 0 Å². The molecule has 1 heterocycles. The van der Waals surface area contributed by atoms with E-state index in [1.807, 2.05) is 0 Å². The van der Waals surface area contributed by atoms with Gasteiger partial charge in [-0.2, -0.15) is 0 Å². The lowest BCUT2D eigenvalue weighted by molar-refractivity contribution is -0.122. The number of hydrogen-bond acceptors (Lipinski definition) is 3. The van der Waals surface area contributed by atoms with Crippen LogP contribution in [0.1, 0.15) is 38.5 Å². The zero-order chi connectivity index (χ0) is 15.1. The van der Waals surface area contributed by atoms with Crippen molar-refractivity contribution in [2.75, 3.05) is 6.61 Å². The summed E-state index contributed by atoms with van der Waals surface area (Å²) in [5, 5.41) is 12.5. The molecule has 0 saturated heterocycles. The quantitative estimate of drug-likeness (QED) is 0.804. The van der Waals surface area contributed by atoms with Crippen LogP contribution in [-0.2, 0) is 11.3 Å². The first-order valence-electron chi connectivity index (χ1n) is 7.76. The molecule has 0 aliphatic heterocycles. The topological polar surface area (TPSA) is 71.3 Å². The molecule has 21 heavy (non-hydrogen) atoms. The molecule has 2 unspecified atom stereocenters. The van der Waals surface area contributed by atoms with Gasteiger partial charge in [-0.15, -0.1) is 0 Å². The number of nitrogens with one attached hydrogen (secondary N) is 1. The van der Waals surface area contributed by atoms with E-state index in [1.165, 1.54) is 17.1 Å². The second-order valence-electron chi connectivity index (χ2n) is 5.74. The number of rotatable bonds is 5. The van der Waals surface area contributed by atoms with Crippen molar-refractivity contribution in [1.82, 2.24) is 9.88 Å². The maximum atomic E-state index is 12.1. The Bertz CT molecular complexity index is 512. The van der Waals surface area contributed by atoms with Crippen LogP contribution in [-0.4, -0.2) is 28.2 Å². The van der Waals surface area contributed by atoms with Crippen LogP contribution < -0.4 is 10.9 Å². The fourth-order valence-corrected chi connectivity index (χ4v) is 2.94. The molecule has 0 spiro atoms. The summed E-state index contributed by atoms with van der Waals surface area (Å²) in [4.78, 5) is 23.6. The third-order valence-corrected chi connectivity index (χ3v) is 4.22. The molecule has 5 heteroatoms. The van der Waals surface area contributed by atoms with Crippen molar-refractivity contribution in [2.45, 2.75) is 51.1 Å². The number of nitrogens with zero attached hydrogens (tertiary/aromatic N) is 1. The van der Waals surface area contributed by atoms with Crippen LogP contribution in [0.25, 0.3) is 0 Å². The molecule has 116 valence electrons. The van der Waals surface area contributed by atoms with Gasteiger partial charge in [0.1, 0.15) is 0 Å². The van der Waals surface area contributed by atoms with E-state index in [1.54, 1.807) is 18.3 Å². The van der Waals surface area contributed by atoms with Gasteiger partial charge in [0.25, 0.3) is 5.56 Å². The lowest BCUT2D eigenvalue weighted by Crippen LogP contribution is -2.41. The van der Waals surface area contributed by atoms with E-state index in [-0.39, 0.29) is 30.0 Å². The highest BCUT2D eigenvalue weighted by Crippen LogP contribution is 2.23. The van der Waals surface area contributed by atoms with Gasteiger partial charge in [0.15, 0.2) is 0 Å². The number of hydrogen-bond donors (Lipinski definition) is 2. The minimum atomic E-state index is -0.0898. The van der Waals surface area contributed by atoms with E-state index < -0.39 is 0 Å². The van der Waals surface area contributed by atoms with Crippen LogP contribution >= 0.6 is 0 Å². The molecule has 1 aromatic heterocycles. The predicted octanol–water partition coefficient (Wildman–Crippen LogP) is 1.30. The van der Waals surface area contributed by atoms with E-state index in [9.17, 15) is 14.7 Å². The monoisotopic (exact) mass is 292 g/mol. The molecular formula is C16H24N2O3. The Labute approximate surface area is 125 Å². The van der Waals surface area contributed by atoms with Crippen LogP contribution in [0, 0.1) is 5.92 Å². The van der Waals surface area contributed by atoms with Gasteiger partial charge in [0.2, 0.25) is 5.91 Å². The Morgan fingerprint density at radius 3 is 2.86 bits per heavy atom. The Morgan fingerprint density at radius 2 is 2.10 bits per heavy atom. The molecular weight excluding hydrogens is 268 g/mol. The highest BCUT2D eigenvalue weighted by molar-refractivity contribution is 5.76. The Hall–Kier alpha value is -1.62. The summed E-state index contributed by atoms with van der Waals surface area (Å²) in [6.07, 6.45) is 7.27. The minimum Gasteiger partial charge on any atom is -0.396 e. The van der Waals surface area contributed by atoms with Crippen molar-refractivity contribution < 1.29 is 9.90 Å². The number of amides is 1. The van der Waals surface area contributed by atoms with Gasteiger partial charge in [0.05, 0.1) is 0 Å². The molecule has 2 rings (SSSR count). The SMILES string of the molecule is O=C(CCn1ccccc1=O)NC1CCCCCC1CO. The zero-order valence-corrected chi connectivity index (χ0v) is 12.3. The van der Waals surface area contributed by atoms with E-state index in [4.69, 9.17) is 0 Å². The van der Waals surface area contributed by atoms with E-state index in [0.717, 1.165) is 25.7 Å². The van der Waals surface area contributed by atoms with Crippen LogP contribution in [0.3, 0.4) is 0 Å². The molecule has 2 atom stereocenters. The maximum absolute atomic E-state index is 12.1. The summed E-state index contributed by atoms with van der Waals surface area (Å²) in [5.41, 5.74) is -0.0898. The number of aryl methyl sites for hydroxylation is 1. The van der Waals surface area contributed by atoms with Gasteiger partial charge >= 0.3 is 0 Å². The summed E-state index contributed by atoms with van der Waals surface area (Å²) < 4.78 is 1.54. The standard InChI is InChI=1S/C16H24N2O3/c19-12-13-6-2-1-3-7-14(13)17-15(20)9-11-18-10-5-4-8-16(18)21/h4-5,8,10,13-14,19H,1-3,6-7,9,11-12H2,(H,17,20). The maximum Gasteiger partial charge on any atom is 0.250 e. The van der Waals surface area contributed by atoms with Crippen molar-refractivity contribution >= 4 is 5.91 Å². The van der Waals surface area contributed by atoms with E-state index in [0.29, 0.717) is 13.0 Å². The first-order chi connectivity index (χ1) is 10.2. The third-order valence-electron chi connectivity index (χ3n) is 4.22. The fraction of sp³-hybridized carbons (Fsp3) is 0.625. The molecule has 0 bridgehead atoms. The second-order valence-corrected chi connectivity index (χ2v) is 5.74. The number of carbonyl (C=O) groups is 1. The van der Waals surface area contributed by atoms with Gasteiger partial charge in [-0.3, -0.25) is 9.59 Å². The fourth-order valence-electron chi connectivity index (χ4n) is 2.94. The van der Waals surface area contributed by atoms with Gasteiger partial charge in [-0.05, 0) is 18.9 Å². The van der Waals surface area contributed by atoms with Crippen LogP contribution in [0.5, 0.6) is 0 Å². The predicted molar refractivity (Wildman–Crippen MR) is 80.9 cm³/mol. The summed E-state index contributed by atoms with van der Waals surface area (Å²) in [7, 11) is 0. The summed E-state index contributed by atoms with van der Waals surface area (Å²) in [6, 6.07) is 5.03. The zero-order valence-electron chi connectivity index (χ0n) is 12.3. The molecule has 1 fully saturated rings. The van der Waals surface area contributed by atoms with Crippen molar-refractivity contribution in [2.24, 2.45) is 5.92 Å². The lowest BCUT2D eigenvalue weighted by Gasteiger charge is -2.24. The normalized spacial score (nSPS) is 22.5. The van der Waals surface area contributed by atoms with E-state index >= 15 is 0 Å². The third kappa shape index (κ3) is 4.70. The first-order valence-corrected chi connectivity index (χ1v) is 7.76. The number of aliphatic hydroxyl groups is 1. The highest BCUT2D eigenvalue weighted by Gasteiger charge is 2.24. The molecule has 0 radical (unpaired) electrons. The first kappa shape index (κ1) is 15.8. The molecule has 0 aromatic carbocycles. The van der Waals surface area contributed by atoms with Crippen LogP contribution in [0.15, 0.2) is 29.2 Å². The molecule has 1 saturated carbocycles. The lowest BCUT2D eigenvalue weighted by atomic mass is 9.95. The van der Waals surface area contributed by atoms with Gasteiger partial charge in [-0.1, -0.05) is 25.3 Å². The number of pyridine rings is 1. The number of aromatic nitrogens is 1. The second kappa shape index (κ2) is 7.98. The highest BCUT2D eigenvalue weighted by atomic mass is 16.3. The summed E-state index contributed by atoms with van der Waals surface area (Å²) in [6.45, 7) is 0.519. The van der Waals surface area contributed by atoms with Gasteiger partial charge < -0.3 is 15.0 Å². The number of aliphatic hydroxyl groups excluding tert-OH is 1. The molecule has 1 aliphatic carbocycles. The molecule has 1 aliphatic rings. The number of carbonyl (C=O) groups excluding carboxylic acids is 1. The van der Waals surface area contributed by atoms with Crippen molar-refractivity contribution in [3.05, 3.63) is 34.7 Å². The Kier molecular flexibility index (Phi) is 5.99. The van der Waals surface area contributed by atoms with Crippen molar-refractivity contribution in [3.8, 4) is 0 Å². The molecule has 1 amide bonds. The molecule has 1 aromatic rings. The summed E-state index contributed by atoms with van der Waals surface area (Å²) >= 11 is 0. The molecule has 2 N–H and O–H groups in total.